The zero-order valence-electron chi connectivity index (χ0n) is 13.4. The quantitative estimate of drug-likeness (QED) is 0.796. The molecule has 2 aromatic rings. The number of halogens is 2. The molecule has 0 aliphatic heterocycles. The van der Waals surface area contributed by atoms with Crippen molar-refractivity contribution in [3.63, 3.8) is 0 Å². The Balaban J connectivity index is 0.00000104. The van der Waals surface area contributed by atoms with E-state index in [1.54, 1.807) is 17.1 Å². The first-order chi connectivity index (χ1) is 10.7. The van der Waals surface area contributed by atoms with Crippen molar-refractivity contribution < 1.29 is 4.79 Å². The predicted octanol–water partition coefficient (Wildman–Crippen LogP) is 3.43. The van der Waals surface area contributed by atoms with Crippen molar-refractivity contribution in [3.8, 4) is 0 Å². The Labute approximate surface area is 158 Å². The first kappa shape index (κ1) is 19.2. The van der Waals surface area contributed by atoms with Crippen LogP contribution >= 0.6 is 36.2 Å². The van der Waals surface area contributed by atoms with Gasteiger partial charge in [0.05, 0.1) is 16.8 Å². The molecule has 4 rings (SSSR count). The summed E-state index contributed by atoms with van der Waals surface area (Å²) in [4.78, 5) is 13.0. The largest absolute Gasteiger partial charge is 0.319 e. The van der Waals surface area contributed by atoms with Crippen LogP contribution in [0.15, 0.2) is 23.8 Å². The van der Waals surface area contributed by atoms with Crippen LogP contribution in [-0.2, 0) is 7.05 Å². The highest BCUT2D eigenvalue weighted by Crippen LogP contribution is 2.43. The summed E-state index contributed by atoms with van der Waals surface area (Å²) in [6.45, 7) is 1.17. The maximum Gasteiger partial charge on any atom is 0.265 e. The van der Waals surface area contributed by atoms with E-state index in [-0.39, 0.29) is 30.7 Å². The maximum absolute atomic E-state index is 12.2. The fraction of sp³-hybridized carbons (Fsp3) is 0.500. The Kier molecular flexibility index (Phi) is 6.31. The molecule has 0 unspecified atom stereocenters. The van der Waals surface area contributed by atoms with Gasteiger partial charge in [-0.15, -0.1) is 36.2 Å². The van der Waals surface area contributed by atoms with Gasteiger partial charge in [-0.05, 0) is 48.7 Å². The molecule has 2 fully saturated rings. The zero-order chi connectivity index (χ0) is 15.1. The molecule has 2 N–H and O–H groups in total. The minimum atomic E-state index is -0.0487. The smallest absolute Gasteiger partial charge is 0.265 e. The monoisotopic (exact) mass is 388 g/mol. The number of carbonyl (C=O) groups is 1. The number of rotatable bonds is 6. The molecular weight excluding hydrogens is 367 g/mol. The van der Waals surface area contributed by atoms with Crippen LogP contribution in [0.25, 0.3) is 0 Å². The standard InChI is InChI=1S/C16H20N4OS.2ClH/c1-20-8-12(7-18-20)19-16(21)15-4-11(9-22-15)13-5-14(13)17-6-10-2-3-10;;/h4,7-10,13-14,17H,2-3,5-6H2,1H3,(H,19,21);2*1H/t13-,14+;;/m0../s1. The molecular formula is C16H22Cl2N4OS. The molecule has 2 heterocycles. The van der Waals surface area contributed by atoms with Crippen LogP contribution in [-0.4, -0.2) is 28.3 Å². The average molecular weight is 389 g/mol. The lowest BCUT2D eigenvalue weighted by molar-refractivity contribution is 0.103. The summed E-state index contributed by atoms with van der Waals surface area (Å²) < 4.78 is 1.68. The number of thiophene rings is 1. The lowest BCUT2D eigenvalue weighted by Crippen LogP contribution is -2.20. The van der Waals surface area contributed by atoms with Gasteiger partial charge in [-0.2, -0.15) is 5.10 Å². The number of anilines is 1. The van der Waals surface area contributed by atoms with Gasteiger partial charge in [0.1, 0.15) is 0 Å². The first-order valence-corrected chi connectivity index (χ1v) is 8.69. The van der Waals surface area contributed by atoms with Gasteiger partial charge in [-0.1, -0.05) is 0 Å². The van der Waals surface area contributed by atoms with Crippen molar-refractivity contribution in [2.75, 3.05) is 11.9 Å². The SMILES string of the molecule is Cl.Cl.Cn1cc(NC(=O)c2cc([C@@H]3C[C@H]3NCC3CC3)cs2)cn1. The number of amides is 1. The van der Waals surface area contributed by atoms with E-state index in [0.29, 0.717) is 12.0 Å². The van der Waals surface area contributed by atoms with Crippen molar-refractivity contribution in [1.29, 1.82) is 0 Å². The fourth-order valence-electron chi connectivity index (χ4n) is 2.77. The first-order valence-electron chi connectivity index (χ1n) is 7.81. The van der Waals surface area contributed by atoms with Gasteiger partial charge in [-0.25, -0.2) is 0 Å². The van der Waals surface area contributed by atoms with Crippen molar-refractivity contribution >= 4 is 47.7 Å². The molecule has 5 nitrogen and oxygen atoms in total. The summed E-state index contributed by atoms with van der Waals surface area (Å²) in [6.07, 6.45) is 7.44. The molecule has 24 heavy (non-hydrogen) atoms. The highest BCUT2D eigenvalue weighted by molar-refractivity contribution is 7.12. The van der Waals surface area contributed by atoms with E-state index in [4.69, 9.17) is 0 Å². The molecule has 0 aromatic carbocycles. The second-order valence-electron chi connectivity index (χ2n) is 6.40. The van der Waals surface area contributed by atoms with Gasteiger partial charge in [0, 0.05) is 25.2 Å². The molecule has 0 saturated heterocycles. The van der Waals surface area contributed by atoms with Gasteiger partial charge in [0.15, 0.2) is 0 Å². The van der Waals surface area contributed by atoms with Crippen LogP contribution < -0.4 is 10.6 Å². The van der Waals surface area contributed by atoms with E-state index in [1.165, 1.54) is 42.7 Å². The van der Waals surface area contributed by atoms with Gasteiger partial charge in [0.25, 0.3) is 5.91 Å². The van der Waals surface area contributed by atoms with Crippen molar-refractivity contribution in [3.05, 3.63) is 34.3 Å². The van der Waals surface area contributed by atoms with Crippen LogP contribution in [0.3, 0.4) is 0 Å². The van der Waals surface area contributed by atoms with Crippen LogP contribution in [0.2, 0.25) is 0 Å². The fourth-order valence-corrected chi connectivity index (χ4v) is 3.64. The zero-order valence-corrected chi connectivity index (χ0v) is 15.8. The third-order valence-corrected chi connectivity index (χ3v) is 5.34. The summed E-state index contributed by atoms with van der Waals surface area (Å²) in [5.74, 6) is 1.46. The Morgan fingerprint density at radius 2 is 2.21 bits per heavy atom. The van der Waals surface area contributed by atoms with E-state index in [9.17, 15) is 4.79 Å². The topological polar surface area (TPSA) is 59.0 Å². The number of nitrogens with zero attached hydrogens (tertiary/aromatic N) is 2. The van der Waals surface area contributed by atoms with Crippen LogP contribution in [0.4, 0.5) is 5.69 Å². The third kappa shape index (κ3) is 4.51. The highest BCUT2D eigenvalue weighted by atomic mass is 35.5. The molecule has 0 spiro atoms. The minimum Gasteiger partial charge on any atom is -0.319 e. The molecule has 8 heteroatoms. The summed E-state index contributed by atoms with van der Waals surface area (Å²) >= 11 is 1.52. The van der Waals surface area contributed by atoms with Crippen molar-refractivity contribution in [2.45, 2.75) is 31.2 Å². The lowest BCUT2D eigenvalue weighted by Gasteiger charge is -2.01. The van der Waals surface area contributed by atoms with E-state index in [0.717, 1.165) is 16.5 Å². The molecule has 0 radical (unpaired) electrons. The molecule has 2 aliphatic carbocycles. The second kappa shape index (κ2) is 7.87. The Morgan fingerprint density at radius 1 is 1.42 bits per heavy atom. The van der Waals surface area contributed by atoms with Crippen LogP contribution in [0.5, 0.6) is 0 Å². The number of nitrogens with one attached hydrogen (secondary N) is 2. The number of hydrogen-bond donors (Lipinski definition) is 2. The molecule has 2 aliphatic rings. The Bertz CT molecular complexity index is 698. The van der Waals surface area contributed by atoms with Gasteiger partial charge >= 0.3 is 0 Å². The molecule has 1 amide bonds. The number of hydrogen-bond acceptors (Lipinski definition) is 4. The van der Waals surface area contributed by atoms with E-state index < -0.39 is 0 Å². The lowest BCUT2D eigenvalue weighted by atomic mass is 10.2. The van der Waals surface area contributed by atoms with Crippen LogP contribution in [0.1, 0.15) is 40.4 Å². The molecule has 2 saturated carbocycles. The number of aromatic nitrogens is 2. The molecule has 2 aromatic heterocycles. The van der Waals surface area contributed by atoms with Crippen LogP contribution in [0, 0.1) is 5.92 Å². The normalized spacial score (nSPS) is 21.5. The summed E-state index contributed by atoms with van der Waals surface area (Å²) in [7, 11) is 1.83. The number of aryl methyl sites for hydroxylation is 1. The van der Waals surface area contributed by atoms with Crippen molar-refractivity contribution in [2.24, 2.45) is 13.0 Å². The average Bonchev–Trinajstić information content (AvgIpc) is 3.38. The van der Waals surface area contributed by atoms with E-state index in [1.807, 2.05) is 13.1 Å². The highest BCUT2D eigenvalue weighted by Gasteiger charge is 2.39. The van der Waals surface area contributed by atoms with E-state index >= 15 is 0 Å². The number of carbonyl (C=O) groups excluding carboxylic acids is 1. The second-order valence-corrected chi connectivity index (χ2v) is 7.31. The minimum absolute atomic E-state index is 0. The molecule has 0 bridgehead atoms. The molecule has 132 valence electrons. The summed E-state index contributed by atoms with van der Waals surface area (Å²) in [6, 6.07) is 2.66. The Morgan fingerprint density at radius 3 is 2.88 bits per heavy atom. The van der Waals surface area contributed by atoms with Gasteiger partial charge in [0.2, 0.25) is 0 Å². The van der Waals surface area contributed by atoms with Gasteiger partial charge in [-0.3, -0.25) is 9.48 Å². The maximum atomic E-state index is 12.2. The molecule has 2 atom stereocenters. The summed E-state index contributed by atoms with van der Waals surface area (Å²) in [5.41, 5.74) is 2.03. The summed E-state index contributed by atoms with van der Waals surface area (Å²) in [5, 5.41) is 12.7. The predicted molar refractivity (Wildman–Crippen MR) is 102 cm³/mol. The Hall–Kier alpha value is -1.08. The third-order valence-electron chi connectivity index (χ3n) is 4.39. The van der Waals surface area contributed by atoms with Crippen molar-refractivity contribution in [1.82, 2.24) is 15.1 Å². The van der Waals surface area contributed by atoms with Gasteiger partial charge < -0.3 is 10.6 Å². The van der Waals surface area contributed by atoms with E-state index in [2.05, 4.69) is 21.1 Å².